The van der Waals surface area contributed by atoms with E-state index in [1.807, 2.05) is 6.92 Å². The highest BCUT2D eigenvalue weighted by molar-refractivity contribution is 8.01. The van der Waals surface area contributed by atoms with Gasteiger partial charge in [0.2, 0.25) is 15.9 Å². The van der Waals surface area contributed by atoms with Crippen LogP contribution in [-0.2, 0) is 37.2 Å². The van der Waals surface area contributed by atoms with Crippen molar-refractivity contribution in [2.45, 2.75) is 61.4 Å². The summed E-state index contributed by atoms with van der Waals surface area (Å²) in [4.78, 5) is 42.1. The third kappa shape index (κ3) is 8.11. The number of rotatable bonds is 14. The number of thioether (sulfide) groups is 1. The maximum absolute atomic E-state index is 13.4. The predicted molar refractivity (Wildman–Crippen MR) is 162 cm³/mol. The minimum absolute atomic E-state index is 0.0153. The quantitative estimate of drug-likeness (QED) is 0.233. The zero-order chi connectivity index (χ0) is 30.1. The maximum Gasteiger partial charge on any atom is 0.326 e. The van der Waals surface area contributed by atoms with E-state index in [9.17, 15) is 27.9 Å². The largest absolute Gasteiger partial charge is 0.480 e. The molecule has 11 nitrogen and oxygen atoms in total. The molecule has 13 heteroatoms. The Balaban J connectivity index is 1.33. The van der Waals surface area contributed by atoms with Gasteiger partial charge in [0.25, 0.3) is 0 Å². The second-order valence-electron chi connectivity index (χ2n) is 10.2. The van der Waals surface area contributed by atoms with Crippen molar-refractivity contribution in [2.75, 3.05) is 25.4 Å². The molecule has 0 aliphatic carbocycles. The van der Waals surface area contributed by atoms with Crippen LogP contribution < -0.4 is 16.0 Å². The van der Waals surface area contributed by atoms with Crippen molar-refractivity contribution in [2.24, 2.45) is 4.99 Å². The van der Waals surface area contributed by atoms with Crippen LogP contribution in [0.2, 0.25) is 0 Å². The van der Waals surface area contributed by atoms with Gasteiger partial charge in [-0.2, -0.15) is 4.31 Å². The van der Waals surface area contributed by atoms with Gasteiger partial charge in [-0.3, -0.25) is 14.6 Å². The molecular formula is C29H37N5O6S2. The summed E-state index contributed by atoms with van der Waals surface area (Å²) in [6.45, 7) is 4.10. The molecule has 2 heterocycles. The Morgan fingerprint density at radius 2 is 1.83 bits per heavy atom. The van der Waals surface area contributed by atoms with Crippen LogP contribution in [0.15, 0.2) is 64.5 Å². The Labute approximate surface area is 250 Å². The maximum atomic E-state index is 13.4. The van der Waals surface area contributed by atoms with Gasteiger partial charge in [0.1, 0.15) is 17.9 Å². The molecule has 1 saturated heterocycles. The van der Waals surface area contributed by atoms with Crippen LogP contribution in [0.1, 0.15) is 37.3 Å². The number of sulfonamides is 1. The average molecular weight is 616 g/mol. The number of guanidine groups is 1. The highest BCUT2D eigenvalue weighted by Gasteiger charge is 2.46. The van der Waals surface area contributed by atoms with Crippen molar-refractivity contribution < 1.29 is 27.9 Å². The molecule has 0 bridgehead atoms. The summed E-state index contributed by atoms with van der Waals surface area (Å²) in [5.74, 6) is -0.747. The first kappa shape index (κ1) is 31.5. The topological polar surface area (TPSA) is 157 Å². The molecule has 0 radical (unpaired) electrons. The van der Waals surface area contributed by atoms with Crippen molar-refractivity contribution in [1.82, 2.24) is 20.3 Å². The molecule has 0 saturated carbocycles. The summed E-state index contributed by atoms with van der Waals surface area (Å²) in [6.07, 6.45) is 1.93. The minimum Gasteiger partial charge on any atom is -0.480 e. The second-order valence-corrected chi connectivity index (χ2v) is 13.2. The Kier molecular flexibility index (Phi) is 11.0. The number of amides is 1. The molecular weight excluding hydrogens is 578 g/mol. The van der Waals surface area contributed by atoms with Crippen LogP contribution in [0.25, 0.3) is 0 Å². The van der Waals surface area contributed by atoms with Crippen LogP contribution in [-0.4, -0.2) is 84.3 Å². The lowest BCUT2D eigenvalue weighted by atomic mass is 10.0. The van der Waals surface area contributed by atoms with Crippen molar-refractivity contribution >= 4 is 45.4 Å². The number of aliphatic imine (C=N–C) groups is 1. The molecule has 226 valence electrons. The molecule has 2 aromatic carbocycles. The van der Waals surface area contributed by atoms with E-state index in [0.29, 0.717) is 31.4 Å². The first-order valence-electron chi connectivity index (χ1n) is 14.0. The molecule has 1 amide bonds. The van der Waals surface area contributed by atoms with Crippen LogP contribution >= 0.6 is 11.8 Å². The van der Waals surface area contributed by atoms with Crippen molar-refractivity contribution in [3.05, 3.63) is 65.7 Å². The van der Waals surface area contributed by atoms with E-state index in [1.54, 1.807) is 42.5 Å². The van der Waals surface area contributed by atoms with E-state index in [1.165, 1.54) is 28.2 Å². The summed E-state index contributed by atoms with van der Waals surface area (Å²) in [5.41, 5.74) is 1.50. The lowest BCUT2D eigenvalue weighted by Gasteiger charge is -2.28. The standard InChI is InChI=1S/C29H37N5O6S2/c1-2-26-34(42(39,40)23-8-4-3-5-9-23)25(19-41-26)27(36)33-24(28(37)38)18-21-12-10-20(11-13-21)17-22(35)7-6-14-30-29-31-15-16-32-29/h3-5,8-13,24-26H,2,6-7,14-19H2,1H3,(H,33,36)(H,37,38)(H2,30,31,32)/t24-,25-,26?/m0/s1. The summed E-state index contributed by atoms with van der Waals surface area (Å²) < 4.78 is 28.1. The number of nitrogens with one attached hydrogen (secondary N) is 3. The Morgan fingerprint density at radius 1 is 1.12 bits per heavy atom. The van der Waals surface area contributed by atoms with Gasteiger partial charge in [0, 0.05) is 38.1 Å². The Bertz CT molecular complexity index is 1380. The average Bonchev–Trinajstić information content (AvgIpc) is 3.67. The van der Waals surface area contributed by atoms with Crippen LogP contribution in [0.3, 0.4) is 0 Å². The number of Topliss-reactive ketones (excluding diaryl/α,β-unsaturated/α-hetero) is 1. The van der Waals surface area contributed by atoms with Gasteiger partial charge in [-0.1, -0.05) is 49.4 Å². The zero-order valence-electron chi connectivity index (χ0n) is 23.5. The molecule has 2 aromatic rings. The van der Waals surface area contributed by atoms with Crippen molar-refractivity contribution in [1.29, 1.82) is 0 Å². The highest BCUT2D eigenvalue weighted by atomic mass is 32.2. The van der Waals surface area contributed by atoms with Gasteiger partial charge in [-0.15, -0.1) is 11.8 Å². The molecule has 1 fully saturated rings. The van der Waals surface area contributed by atoms with Gasteiger partial charge in [0.05, 0.1) is 16.8 Å². The van der Waals surface area contributed by atoms with E-state index in [0.717, 1.165) is 24.6 Å². The molecule has 4 N–H and O–H groups in total. The number of hydrogen-bond acceptors (Lipinski definition) is 9. The fraction of sp³-hybridized carbons (Fsp3) is 0.448. The lowest BCUT2D eigenvalue weighted by Crippen LogP contribution is -2.53. The third-order valence-corrected chi connectivity index (χ3v) is 10.6. The highest BCUT2D eigenvalue weighted by Crippen LogP contribution is 2.36. The van der Waals surface area contributed by atoms with Crippen molar-refractivity contribution in [3.63, 3.8) is 0 Å². The molecule has 3 atom stereocenters. The Morgan fingerprint density at radius 3 is 2.48 bits per heavy atom. The fourth-order valence-electron chi connectivity index (χ4n) is 4.90. The Hall–Kier alpha value is -3.42. The molecule has 0 aromatic heterocycles. The van der Waals surface area contributed by atoms with Crippen LogP contribution in [0.5, 0.6) is 0 Å². The predicted octanol–water partition coefficient (Wildman–Crippen LogP) is 1.78. The van der Waals surface area contributed by atoms with Gasteiger partial charge in [-0.05, 0) is 36.1 Å². The normalized spacial score (nSPS) is 19.5. The first-order valence-corrected chi connectivity index (χ1v) is 16.5. The number of carbonyl (C=O) groups is 3. The summed E-state index contributed by atoms with van der Waals surface area (Å²) in [6, 6.07) is 12.7. The van der Waals surface area contributed by atoms with E-state index in [2.05, 4.69) is 20.9 Å². The number of ketones is 1. The van der Waals surface area contributed by atoms with Gasteiger partial charge < -0.3 is 21.1 Å². The fourth-order valence-corrected chi connectivity index (χ4v) is 8.47. The summed E-state index contributed by atoms with van der Waals surface area (Å²) in [7, 11) is -3.97. The van der Waals surface area contributed by atoms with Gasteiger partial charge in [-0.25, -0.2) is 13.2 Å². The number of carboxylic acids is 1. The number of aliphatic carboxylic acids is 1. The third-order valence-electron chi connectivity index (χ3n) is 7.09. The molecule has 2 aliphatic rings. The molecule has 2 aliphatic heterocycles. The van der Waals surface area contributed by atoms with E-state index in [4.69, 9.17) is 0 Å². The summed E-state index contributed by atoms with van der Waals surface area (Å²) in [5, 5.41) is 18.3. The first-order chi connectivity index (χ1) is 20.2. The number of carbonyl (C=O) groups excluding carboxylic acids is 2. The second kappa shape index (κ2) is 14.7. The minimum atomic E-state index is -3.97. The zero-order valence-corrected chi connectivity index (χ0v) is 25.1. The van der Waals surface area contributed by atoms with Gasteiger partial charge in [0.15, 0.2) is 5.96 Å². The van der Waals surface area contributed by atoms with E-state index in [-0.39, 0.29) is 29.3 Å². The number of carboxylic acid groups (broad SMARTS) is 1. The molecule has 1 unspecified atom stereocenters. The monoisotopic (exact) mass is 615 g/mol. The van der Waals surface area contributed by atoms with Crippen LogP contribution in [0.4, 0.5) is 0 Å². The molecule has 4 rings (SSSR count). The lowest BCUT2D eigenvalue weighted by molar-refractivity contribution is -0.142. The molecule has 0 spiro atoms. The van der Waals surface area contributed by atoms with Crippen LogP contribution in [0, 0.1) is 0 Å². The number of hydrogen-bond donors (Lipinski definition) is 4. The smallest absolute Gasteiger partial charge is 0.326 e. The van der Waals surface area contributed by atoms with E-state index < -0.39 is 39.4 Å². The number of nitrogens with zero attached hydrogens (tertiary/aromatic N) is 2. The number of benzene rings is 2. The van der Waals surface area contributed by atoms with Crippen molar-refractivity contribution in [3.8, 4) is 0 Å². The summed E-state index contributed by atoms with van der Waals surface area (Å²) >= 11 is 1.37. The SMILES string of the molecule is CCC1SC[C@@H](C(=O)N[C@@H](Cc2ccc(CC(=O)CCCNC3=NCCN3)cc2)C(=O)O)N1S(=O)(=O)c1ccccc1. The van der Waals surface area contributed by atoms with E-state index >= 15 is 0 Å². The molecule has 42 heavy (non-hydrogen) atoms. The van der Waals surface area contributed by atoms with Gasteiger partial charge >= 0.3 is 5.97 Å².